The molecule has 1 saturated heterocycles. The van der Waals surface area contributed by atoms with Crippen LogP contribution in [0.15, 0.2) is 65.3 Å². The largest absolute Gasteiger partial charge is 0.497 e. The van der Waals surface area contributed by atoms with Crippen molar-refractivity contribution in [1.29, 1.82) is 0 Å². The lowest BCUT2D eigenvalue weighted by molar-refractivity contribution is 0.0746. The standard InChI is InChI=1S/C23H24N2O4/c1-27-20-14-18(15-21(16-20)28-2)23(26)25-11-9-24(10-12-25)19-7-5-17(6-8-19)22-4-3-13-29-22/h3-8,13-16H,9-12H2,1-2H3. The van der Waals surface area contributed by atoms with Gasteiger partial charge in [-0.1, -0.05) is 0 Å². The van der Waals surface area contributed by atoms with Gasteiger partial charge in [-0.2, -0.15) is 0 Å². The fourth-order valence-electron chi connectivity index (χ4n) is 3.56. The molecule has 1 aromatic heterocycles. The number of amides is 1. The highest BCUT2D eigenvalue weighted by Gasteiger charge is 2.23. The Morgan fingerprint density at radius 2 is 1.55 bits per heavy atom. The molecular weight excluding hydrogens is 368 g/mol. The lowest BCUT2D eigenvalue weighted by Gasteiger charge is -2.36. The number of carbonyl (C=O) groups excluding carboxylic acids is 1. The van der Waals surface area contributed by atoms with E-state index in [0.29, 0.717) is 30.2 Å². The first-order chi connectivity index (χ1) is 14.2. The third-order valence-corrected chi connectivity index (χ3v) is 5.20. The van der Waals surface area contributed by atoms with Gasteiger partial charge in [-0.15, -0.1) is 0 Å². The Kier molecular flexibility index (Phi) is 5.42. The van der Waals surface area contributed by atoms with Crippen molar-refractivity contribution in [3.8, 4) is 22.8 Å². The Morgan fingerprint density at radius 1 is 0.897 bits per heavy atom. The molecule has 2 heterocycles. The van der Waals surface area contributed by atoms with Crippen LogP contribution in [-0.2, 0) is 0 Å². The average molecular weight is 392 g/mol. The second-order valence-electron chi connectivity index (χ2n) is 6.90. The smallest absolute Gasteiger partial charge is 0.254 e. The SMILES string of the molecule is COc1cc(OC)cc(C(=O)N2CCN(c3ccc(-c4ccco4)cc3)CC2)c1. The van der Waals surface area contributed by atoms with Crippen LogP contribution in [0.3, 0.4) is 0 Å². The van der Waals surface area contributed by atoms with Crippen LogP contribution < -0.4 is 14.4 Å². The Hall–Kier alpha value is -3.41. The number of ether oxygens (including phenoxy) is 2. The number of nitrogens with zero attached hydrogens (tertiary/aromatic N) is 2. The number of benzene rings is 2. The zero-order valence-electron chi connectivity index (χ0n) is 16.6. The van der Waals surface area contributed by atoms with E-state index in [9.17, 15) is 4.79 Å². The molecule has 0 saturated carbocycles. The van der Waals surface area contributed by atoms with Gasteiger partial charge in [-0.25, -0.2) is 0 Å². The summed E-state index contributed by atoms with van der Waals surface area (Å²) in [7, 11) is 3.16. The average Bonchev–Trinajstić information content (AvgIpc) is 3.33. The monoisotopic (exact) mass is 392 g/mol. The fraction of sp³-hybridized carbons (Fsp3) is 0.261. The van der Waals surface area contributed by atoms with E-state index in [1.807, 2.05) is 17.0 Å². The predicted molar refractivity (Wildman–Crippen MR) is 112 cm³/mol. The number of hydrogen-bond donors (Lipinski definition) is 0. The summed E-state index contributed by atoms with van der Waals surface area (Å²) in [4.78, 5) is 17.1. The summed E-state index contributed by atoms with van der Waals surface area (Å²) in [6.45, 7) is 2.90. The lowest BCUT2D eigenvalue weighted by Crippen LogP contribution is -2.48. The van der Waals surface area contributed by atoms with Gasteiger partial charge in [-0.05, 0) is 48.5 Å². The molecule has 29 heavy (non-hydrogen) atoms. The van der Waals surface area contributed by atoms with Gasteiger partial charge < -0.3 is 23.7 Å². The molecule has 6 nitrogen and oxygen atoms in total. The van der Waals surface area contributed by atoms with E-state index in [4.69, 9.17) is 13.9 Å². The van der Waals surface area contributed by atoms with Crippen molar-refractivity contribution in [1.82, 2.24) is 4.90 Å². The molecule has 1 amide bonds. The van der Waals surface area contributed by atoms with Crippen LogP contribution in [0.5, 0.6) is 11.5 Å². The number of anilines is 1. The highest BCUT2D eigenvalue weighted by molar-refractivity contribution is 5.95. The van der Waals surface area contributed by atoms with Crippen LogP contribution in [0.25, 0.3) is 11.3 Å². The van der Waals surface area contributed by atoms with Gasteiger partial charge in [0.1, 0.15) is 17.3 Å². The van der Waals surface area contributed by atoms with E-state index < -0.39 is 0 Å². The first kappa shape index (κ1) is 18.9. The summed E-state index contributed by atoms with van der Waals surface area (Å²) in [5, 5.41) is 0. The molecule has 0 aliphatic carbocycles. The van der Waals surface area contributed by atoms with Gasteiger partial charge in [0, 0.05) is 49.1 Å². The fourth-order valence-corrected chi connectivity index (χ4v) is 3.56. The highest BCUT2D eigenvalue weighted by Crippen LogP contribution is 2.26. The number of carbonyl (C=O) groups is 1. The van der Waals surface area contributed by atoms with Crippen molar-refractivity contribution < 1.29 is 18.7 Å². The molecule has 3 aromatic rings. The van der Waals surface area contributed by atoms with Crippen LogP contribution in [0, 0.1) is 0 Å². The minimum atomic E-state index is -0.00461. The number of furan rings is 1. The summed E-state index contributed by atoms with van der Waals surface area (Å²) in [6.07, 6.45) is 1.68. The predicted octanol–water partition coefficient (Wildman–Crippen LogP) is 3.93. The van der Waals surface area contributed by atoms with Crippen molar-refractivity contribution >= 4 is 11.6 Å². The maximum Gasteiger partial charge on any atom is 0.254 e. The van der Waals surface area contributed by atoms with Gasteiger partial charge in [-0.3, -0.25) is 4.79 Å². The molecule has 4 rings (SSSR count). The molecular formula is C23H24N2O4. The van der Waals surface area contributed by atoms with Crippen molar-refractivity contribution in [2.45, 2.75) is 0 Å². The first-order valence-corrected chi connectivity index (χ1v) is 9.59. The van der Waals surface area contributed by atoms with Gasteiger partial charge >= 0.3 is 0 Å². The Balaban J connectivity index is 1.41. The summed E-state index contributed by atoms with van der Waals surface area (Å²) < 4.78 is 16.0. The minimum absolute atomic E-state index is 0.00461. The summed E-state index contributed by atoms with van der Waals surface area (Å²) in [5.74, 6) is 2.08. The lowest BCUT2D eigenvalue weighted by atomic mass is 10.1. The Morgan fingerprint density at radius 3 is 2.10 bits per heavy atom. The molecule has 0 spiro atoms. The first-order valence-electron chi connectivity index (χ1n) is 9.59. The molecule has 0 bridgehead atoms. The highest BCUT2D eigenvalue weighted by atomic mass is 16.5. The van der Waals surface area contributed by atoms with E-state index in [-0.39, 0.29) is 5.91 Å². The molecule has 150 valence electrons. The van der Waals surface area contributed by atoms with Crippen LogP contribution in [0.4, 0.5) is 5.69 Å². The second-order valence-corrected chi connectivity index (χ2v) is 6.90. The Labute approximate surface area is 170 Å². The normalized spacial score (nSPS) is 14.0. The number of rotatable bonds is 5. The van der Waals surface area contributed by atoms with E-state index in [0.717, 1.165) is 30.1 Å². The molecule has 1 aliphatic rings. The number of methoxy groups -OCH3 is 2. The van der Waals surface area contributed by atoms with Crippen LogP contribution >= 0.6 is 0 Å². The van der Waals surface area contributed by atoms with E-state index in [1.54, 1.807) is 38.7 Å². The van der Waals surface area contributed by atoms with Crippen molar-refractivity contribution in [2.75, 3.05) is 45.3 Å². The molecule has 0 radical (unpaired) electrons. The zero-order chi connectivity index (χ0) is 20.2. The molecule has 2 aromatic carbocycles. The van der Waals surface area contributed by atoms with E-state index >= 15 is 0 Å². The topological polar surface area (TPSA) is 55.2 Å². The third kappa shape index (κ3) is 4.06. The van der Waals surface area contributed by atoms with Crippen LogP contribution in [0.2, 0.25) is 0 Å². The van der Waals surface area contributed by atoms with Gasteiger partial charge in [0.05, 0.1) is 20.5 Å². The van der Waals surface area contributed by atoms with Crippen molar-refractivity contribution in [2.24, 2.45) is 0 Å². The van der Waals surface area contributed by atoms with Crippen molar-refractivity contribution in [3.63, 3.8) is 0 Å². The molecule has 1 fully saturated rings. The third-order valence-electron chi connectivity index (χ3n) is 5.20. The maximum atomic E-state index is 12.9. The second kappa shape index (κ2) is 8.31. The van der Waals surface area contributed by atoms with Gasteiger partial charge in [0.25, 0.3) is 5.91 Å². The minimum Gasteiger partial charge on any atom is -0.497 e. The molecule has 1 aliphatic heterocycles. The van der Waals surface area contributed by atoms with Gasteiger partial charge in [0.15, 0.2) is 0 Å². The van der Waals surface area contributed by atoms with E-state index in [1.165, 1.54) is 0 Å². The quantitative estimate of drug-likeness (QED) is 0.659. The van der Waals surface area contributed by atoms with E-state index in [2.05, 4.69) is 29.2 Å². The van der Waals surface area contributed by atoms with Gasteiger partial charge in [0.2, 0.25) is 0 Å². The zero-order valence-corrected chi connectivity index (χ0v) is 16.6. The van der Waals surface area contributed by atoms with Crippen LogP contribution in [0.1, 0.15) is 10.4 Å². The summed E-state index contributed by atoms with van der Waals surface area (Å²) in [5.41, 5.74) is 2.78. The number of hydrogen-bond acceptors (Lipinski definition) is 5. The van der Waals surface area contributed by atoms with Crippen molar-refractivity contribution in [3.05, 3.63) is 66.4 Å². The Bertz CT molecular complexity index is 937. The number of piperazine rings is 1. The molecule has 6 heteroatoms. The van der Waals surface area contributed by atoms with Crippen LogP contribution in [-0.4, -0.2) is 51.2 Å². The maximum absolute atomic E-state index is 12.9. The summed E-state index contributed by atoms with van der Waals surface area (Å²) >= 11 is 0. The summed E-state index contributed by atoms with van der Waals surface area (Å²) in [6, 6.07) is 17.4. The molecule has 0 atom stereocenters. The molecule has 0 unspecified atom stereocenters. The molecule has 0 N–H and O–H groups in total.